The number of benzene rings is 22. The summed E-state index contributed by atoms with van der Waals surface area (Å²) in [5.74, 6) is 0. The van der Waals surface area contributed by atoms with Crippen LogP contribution in [0.15, 0.2) is 439 Å². The van der Waals surface area contributed by atoms with Gasteiger partial charge in [-0.1, -0.05) is 340 Å². The smallest absolute Gasteiger partial charge is 0.143 e. The minimum absolute atomic E-state index is 0.429. The molecule has 6 aromatic heterocycles. The second-order valence-electron chi connectivity index (χ2n) is 36.2. The Morgan fingerprint density at radius 3 is 0.780 bits per heavy atom. The molecule has 0 amide bonds. The maximum Gasteiger partial charge on any atom is 0.143 e. The van der Waals surface area contributed by atoms with Gasteiger partial charge in [-0.15, -0.1) is 0 Å². The monoisotopic (exact) mass is 1680 g/mol. The molecule has 0 N–H and O–H groups in total. The maximum atomic E-state index is 7.20. The molecule has 132 heavy (non-hydrogen) atoms. The van der Waals surface area contributed by atoms with Gasteiger partial charge in [0.2, 0.25) is 0 Å². The van der Waals surface area contributed by atoms with E-state index in [1.54, 1.807) is 0 Å². The molecule has 6 heteroatoms. The minimum atomic E-state index is -0.430. The summed E-state index contributed by atoms with van der Waals surface area (Å²) in [6, 6.07) is 150. The summed E-state index contributed by atoms with van der Waals surface area (Å²) < 4.78 is 40.3. The average Bonchev–Trinajstić information content (AvgIpc) is 1.50. The molecule has 608 valence electrons. The first kappa shape index (κ1) is 70.8. The molecule has 0 saturated carbocycles. The molecule has 0 aliphatic heterocycles. The summed E-state index contributed by atoms with van der Waals surface area (Å²) >= 11 is 0. The fraction of sp³-hybridized carbons (Fsp3) is 0.0159. The maximum absolute atomic E-state index is 7.20. The number of hydrogen-bond donors (Lipinski definition) is 0. The SMILES string of the molecule is c1ccc2c(c1)-c1ccccc1C21c2ccccc2-c2c1ccc1oc3c(-c4c5ccccc5c(-c5ccc6c(c5)oc5ccc7oc8ccccc8c7c56)c5ccccc45)cccc3c21.c1ccc2c(c1)-c1ccccc1C21c2ccccc2-c2c1ccc1oc3c(-c4c5ccccc5c(-c5ccc6oc7ccc8oc9ccccc9c8c7c6c5)c5ccccc45)cccc3c21. The molecular formula is C126H68O6. The minimum Gasteiger partial charge on any atom is -0.456 e. The first-order valence-corrected chi connectivity index (χ1v) is 45.5. The topological polar surface area (TPSA) is 78.8 Å². The highest BCUT2D eigenvalue weighted by molar-refractivity contribution is 6.32. The van der Waals surface area contributed by atoms with Crippen LogP contribution < -0.4 is 0 Å². The van der Waals surface area contributed by atoms with Crippen LogP contribution in [0.2, 0.25) is 0 Å². The number of fused-ring (bicyclic) bond motifs is 46. The van der Waals surface area contributed by atoms with Crippen molar-refractivity contribution in [3.8, 4) is 89.0 Å². The molecule has 2 spiro atoms. The van der Waals surface area contributed by atoms with Gasteiger partial charge in [0.25, 0.3) is 0 Å². The molecule has 6 heterocycles. The van der Waals surface area contributed by atoms with E-state index in [1.807, 2.05) is 48.5 Å². The first-order chi connectivity index (χ1) is 65.5. The van der Waals surface area contributed by atoms with Crippen LogP contribution in [-0.2, 0) is 10.8 Å². The van der Waals surface area contributed by atoms with Crippen LogP contribution in [0.4, 0.5) is 0 Å². The van der Waals surface area contributed by atoms with E-state index >= 15 is 0 Å². The van der Waals surface area contributed by atoms with E-state index in [1.165, 1.54) is 165 Å². The first-order valence-electron chi connectivity index (χ1n) is 45.5. The lowest BCUT2D eigenvalue weighted by Crippen LogP contribution is -2.25. The highest BCUT2D eigenvalue weighted by Gasteiger charge is 2.54. The number of hydrogen-bond acceptors (Lipinski definition) is 6. The van der Waals surface area contributed by atoms with Crippen molar-refractivity contribution in [3.63, 3.8) is 0 Å². The molecule has 4 aliphatic carbocycles. The molecule has 0 bridgehead atoms. The largest absolute Gasteiger partial charge is 0.456 e. The Hall–Kier alpha value is -17.3. The van der Waals surface area contributed by atoms with E-state index < -0.39 is 10.8 Å². The summed E-state index contributed by atoms with van der Waals surface area (Å²) in [7, 11) is 0. The fourth-order valence-corrected chi connectivity index (χ4v) is 25.3. The normalized spacial score (nSPS) is 13.6. The van der Waals surface area contributed by atoms with Gasteiger partial charge in [0.05, 0.1) is 10.8 Å². The molecule has 6 nitrogen and oxygen atoms in total. The van der Waals surface area contributed by atoms with Gasteiger partial charge in [0.1, 0.15) is 67.0 Å². The standard InChI is InChI=1S/2C63H34O3/c1-3-18-40-38(16-1)56(35-28-30-52-46(34-35)61-54(65-52)33-32-53-59(61)43-21-8-12-27-51(43)64-53)39-17-2-4-19-41(39)57(40)44-22-13-23-45-60-55(66-62(44)45)31-29-50-58(60)42-20-7-11-26-49(42)63(50)47-24-9-5-14-36(47)37-15-6-10-25-48(37)63;1-3-18-40-38(16-1)56(35-28-29-44-55(34-35)65-53-33-32-52-59(60(44)53)43-21-8-12-27-51(43)64-52)39-17-2-4-19-41(39)57(40)45-22-13-23-46-61-54(66-62(45)46)31-30-50-58(61)42-20-7-11-26-49(42)63(50)47-24-9-5-14-36(47)37-15-6-10-25-48(37)63/h2*1-34H. The van der Waals surface area contributed by atoms with Gasteiger partial charge in [-0.25, -0.2) is 0 Å². The van der Waals surface area contributed by atoms with Crippen molar-refractivity contribution in [3.05, 3.63) is 457 Å². The second-order valence-corrected chi connectivity index (χ2v) is 36.2. The van der Waals surface area contributed by atoms with E-state index in [2.05, 4.69) is 364 Å². The third-order valence-corrected chi connectivity index (χ3v) is 30.2. The van der Waals surface area contributed by atoms with Crippen LogP contribution in [0.5, 0.6) is 0 Å². The lowest BCUT2D eigenvalue weighted by Gasteiger charge is -2.30. The summed E-state index contributed by atoms with van der Waals surface area (Å²) in [5.41, 5.74) is 39.7. The number of furan rings is 6. The van der Waals surface area contributed by atoms with Gasteiger partial charge in [-0.2, -0.15) is 0 Å². The zero-order chi connectivity index (χ0) is 85.7. The summed E-state index contributed by atoms with van der Waals surface area (Å²) in [5, 5.41) is 22.7. The van der Waals surface area contributed by atoms with Crippen molar-refractivity contribution < 1.29 is 26.5 Å². The molecule has 32 rings (SSSR count). The molecule has 0 unspecified atom stereocenters. The van der Waals surface area contributed by atoms with Crippen molar-refractivity contribution in [2.24, 2.45) is 0 Å². The Balaban J connectivity index is 0.000000124. The Labute approximate surface area is 752 Å². The van der Waals surface area contributed by atoms with Crippen molar-refractivity contribution in [1.82, 2.24) is 0 Å². The number of rotatable bonds is 4. The van der Waals surface area contributed by atoms with Gasteiger partial charge in [0, 0.05) is 86.9 Å². The van der Waals surface area contributed by atoms with Crippen LogP contribution in [0.25, 0.3) is 264 Å². The molecule has 0 atom stereocenters. The van der Waals surface area contributed by atoms with Crippen LogP contribution in [-0.4, -0.2) is 0 Å². The highest BCUT2D eigenvalue weighted by atomic mass is 16.4. The van der Waals surface area contributed by atoms with Gasteiger partial charge in [-0.3, -0.25) is 0 Å². The predicted octanol–water partition coefficient (Wildman–Crippen LogP) is 34.7. The van der Waals surface area contributed by atoms with Gasteiger partial charge < -0.3 is 26.5 Å². The molecule has 0 fully saturated rings. The van der Waals surface area contributed by atoms with Crippen molar-refractivity contribution >= 4 is 175 Å². The Morgan fingerprint density at radius 2 is 0.386 bits per heavy atom. The average molecular weight is 1680 g/mol. The Kier molecular flexibility index (Phi) is 13.8. The van der Waals surface area contributed by atoms with E-state index in [4.69, 9.17) is 26.5 Å². The van der Waals surface area contributed by atoms with Crippen LogP contribution in [0, 0.1) is 0 Å². The molecule has 28 aromatic rings. The second kappa shape index (κ2) is 25.8. The Morgan fingerprint density at radius 1 is 0.129 bits per heavy atom. The van der Waals surface area contributed by atoms with Crippen molar-refractivity contribution in [2.75, 3.05) is 0 Å². The zero-order valence-corrected chi connectivity index (χ0v) is 70.7. The van der Waals surface area contributed by atoms with E-state index in [0.717, 1.165) is 143 Å². The van der Waals surface area contributed by atoms with Gasteiger partial charge >= 0.3 is 0 Å². The third kappa shape index (κ3) is 8.93. The fourth-order valence-electron chi connectivity index (χ4n) is 25.3. The molecule has 22 aromatic carbocycles. The molecule has 0 saturated heterocycles. The Bertz CT molecular complexity index is 9890. The molecular weight excluding hydrogens is 1610 g/mol. The molecule has 4 aliphatic rings. The van der Waals surface area contributed by atoms with E-state index in [-0.39, 0.29) is 0 Å². The summed E-state index contributed by atoms with van der Waals surface area (Å²) in [6.45, 7) is 0. The molecule has 0 radical (unpaired) electrons. The van der Waals surface area contributed by atoms with E-state index in [0.29, 0.717) is 0 Å². The van der Waals surface area contributed by atoms with Crippen molar-refractivity contribution in [2.45, 2.75) is 10.8 Å². The number of para-hydroxylation sites is 4. The van der Waals surface area contributed by atoms with Crippen LogP contribution in [0.1, 0.15) is 44.5 Å². The van der Waals surface area contributed by atoms with Gasteiger partial charge in [-0.05, 0) is 227 Å². The highest BCUT2D eigenvalue weighted by Crippen LogP contribution is 2.67. The van der Waals surface area contributed by atoms with E-state index in [9.17, 15) is 0 Å². The quantitative estimate of drug-likeness (QED) is 0.163. The third-order valence-electron chi connectivity index (χ3n) is 30.2. The lowest BCUT2D eigenvalue weighted by molar-refractivity contribution is 0.663. The lowest BCUT2D eigenvalue weighted by atomic mass is 9.70. The summed E-state index contributed by atoms with van der Waals surface area (Å²) in [6.07, 6.45) is 0. The van der Waals surface area contributed by atoms with Crippen molar-refractivity contribution in [1.29, 1.82) is 0 Å². The van der Waals surface area contributed by atoms with Crippen LogP contribution in [0.3, 0.4) is 0 Å². The summed E-state index contributed by atoms with van der Waals surface area (Å²) in [4.78, 5) is 0. The predicted molar refractivity (Wildman–Crippen MR) is 541 cm³/mol. The van der Waals surface area contributed by atoms with Crippen LogP contribution >= 0.6 is 0 Å². The van der Waals surface area contributed by atoms with Gasteiger partial charge in [0.15, 0.2) is 0 Å². The zero-order valence-electron chi connectivity index (χ0n) is 70.7.